The monoisotopic (exact) mass is 528 g/mol. The van der Waals surface area contributed by atoms with Gasteiger partial charge >= 0.3 is 5.97 Å². The van der Waals surface area contributed by atoms with E-state index < -0.39 is 0 Å². The Balaban J connectivity index is 3.74. The van der Waals surface area contributed by atoms with Crippen molar-refractivity contribution in [2.24, 2.45) is 11.8 Å². The molecule has 6 heteroatoms. The summed E-state index contributed by atoms with van der Waals surface area (Å²) in [6.07, 6.45) is 15.3. The minimum Gasteiger partial charge on any atom is -0.465 e. The Morgan fingerprint density at radius 3 is 1.62 bits per heavy atom. The van der Waals surface area contributed by atoms with Crippen molar-refractivity contribution in [2.45, 2.75) is 143 Å². The number of carbonyl (C=O) groups excluding carboxylic acids is 2. The van der Waals surface area contributed by atoms with Crippen molar-refractivity contribution in [2.75, 3.05) is 33.5 Å². The van der Waals surface area contributed by atoms with Crippen LogP contribution in [0.25, 0.3) is 0 Å². The van der Waals surface area contributed by atoms with Crippen molar-refractivity contribution in [3.63, 3.8) is 0 Å². The third-order valence-electron chi connectivity index (χ3n) is 7.00. The van der Waals surface area contributed by atoms with Crippen molar-refractivity contribution in [1.82, 2.24) is 0 Å². The normalized spacial score (nSPS) is 13.9. The lowest BCUT2D eigenvalue weighted by Gasteiger charge is -2.26. The van der Waals surface area contributed by atoms with Gasteiger partial charge in [0.1, 0.15) is 6.29 Å². The molecule has 2 atom stereocenters. The fourth-order valence-electron chi connectivity index (χ4n) is 4.29. The Hall–Kier alpha value is -0.980. The van der Waals surface area contributed by atoms with Crippen molar-refractivity contribution in [3.8, 4) is 0 Å². The molecule has 0 bridgehead atoms. The van der Waals surface area contributed by atoms with Gasteiger partial charge in [-0.2, -0.15) is 0 Å². The second-order valence-corrected chi connectivity index (χ2v) is 12.0. The number of esters is 1. The number of hydrogen-bond donors (Lipinski definition) is 0. The average Bonchev–Trinajstić information content (AvgIpc) is 2.84. The maximum atomic E-state index is 12.3. The highest BCUT2D eigenvalue weighted by Gasteiger charge is 2.21. The summed E-state index contributed by atoms with van der Waals surface area (Å²) in [5.41, 5.74) is -0.288. The minimum absolute atomic E-state index is 0.0678. The van der Waals surface area contributed by atoms with Gasteiger partial charge in [0.2, 0.25) is 0 Å². The van der Waals surface area contributed by atoms with Crippen molar-refractivity contribution >= 4 is 12.3 Å². The van der Waals surface area contributed by atoms with E-state index in [1.165, 1.54) is 12.8 Å². The quantitative estimate of drug-likeness (QED) is 0.0651. The molecule has 0 aliphatic carbocycles. The second-order valence-electron chi connectivity index (χ2n) is 12.0. The SMILES string of the molecule is COCCCCCCOC(C)(C)CCCC(C)C(=O)OCCCCCCOC(C)(C)CCCC(C)C=O. The summed E-state index contributed by atoms with van der Waals surface area (Å²) in [4.78, 5) is 23.0. The first-order chi connectivity index (χ1) is 17.5. The molecule has 220 valence electrons. The summed E-state index contributed by atoms with van der Waals surface area (Å²) in [5, 5.41) is 0. The molecule has 6 nitrogen and oxygen atoms in total. The van der Waals surface area contributed by atoms with E-state index >= 15 is 0 Å². The Morgan fingerprint density at radius 2 is 1.14 bits per heavy atom. The Kier molecular flexibility index (Phi) is 21.3. The summed E-state index contributed by atoms with van der Waals surface area (Å²) >= 11 is 0. The molecule has 0 saturated carbocycles. The highest BCUT2D eigenvalue weighted by molar-refractivity contribution is 5.71. The van der Waals surface area contributed by atoms with Crippen molar-refractivity contribution in [1.29, 1.82) is 0 Å². The molecule has 0 aliphatic heterocycles. The molecule has 0 amide bonds. The van der Waals surface area contributed by atoms with Gasteiger partial charge in [-0.15, -0.1) is 0 Å². The van der Waals surface area contributed by atoms with E-state index in [4.69, 9.17) is 18.9 Å². The number of rotatable bonds is 26. The molecule has 0 spiro atoms. The van der Waals surface area contributed by atoms with Crippen LogP contribution in [0.2, 0.25) is 0 Å². The summed E-state index contributed by atoms with van der Waals surface area (Å²) in [7, 11) is 1.75. The second kappa shape index (κ2) is 21.9. The summed E-state index contributed by atoms with van der Waals surface area (Å²) in [6.45, 7) is 15.4. The van der Waals surface area contributed by atoms with E-state index in [0.717, 1.165) is 103 Å². The van der Waals surface area contributed by atoms with Gasteiger partial charge in [-0.3, -0.25) is 4.79 Å². The van der Waals surface area contributed by atoms with Gasteiger partial charge in [0, 0.05) is 32.8 Å². The van der Waals surface area contributed by atoms with Crippen molar-refractivity contribution < 1.29 is 28.5 Å². The van der Waals surface area contributed by atoms with Gasteiger partial charge in [0.25, 0.3) is 0 Å². The third kappa shape index (κ3) is 22.7. The van der Waals surface area contributed by atoms with Gasteiger partial charge < -0.3 is 23.7 Å². The predicted molar refractivity (Wildman–Crippen MR) is 152 cm³/mol. The number of methoxy groups -OCH3 is 1. The van der Waals surface area contributed by atoms with E-state index in [1.54, 1.807) is 7.11 Å². The first-order valence-electron chi connectivity index (χ1n) is 14.9. The smallest absolute Gasteiger partial charge is 0.308 e. The van der Waals surface area contributed by atoms with Gasteiger partial charge in [-0.25, -0.2) is 0 Å². The number of aldehydes is 1. The lowest BCUT2D eigenvalue weighted by molar-refractivity contribution is -0.148. The van der Waals surface area contributed by atoms with E-state index in [0.29, 0.717) is 6.61 Å². The topological polar surface area (TPSA) is 71.1 Å². The van der Waals surface area contributed by atoms with Gasteiger partial charge in [-0.05, 0) is 98.3 Å². The van der Waals surface area contributed by atoms with E-state index in [2.05, 4.69) is 27.7 Å². The molecule has 0 fully saturated rings. The van der Waals surface area contributed by atoms with Crippen LogP contribution >= 0.6 is 0 Å². The van der Waals surface area contributed by atoms with Crippen LogP contribution in [-0.4, -0.2) is 57.0 Å². The molecule has 0 rings (SSSR count). The Bertz CT molecular complexity index is 560. The summed E-state index contributed by atoms with van der Waals surface area (Å²) in [5.74, 6) is -0.0123. The number of hydrogen-bond acceptors (Lipinski definition) is 6. The fourth-order valence-corrected chi connectivity index (χ4v) is 4.29. The summed E-state index contributed by atoms with van der Waals surface area (Å²) in [6, 6.07) is 0. The van der Waals surface area contributed by atoms with Crippen LogP contribution in [0.15, 0.2) is 0 Å². The van der Waals surface area contributed by atoms with E-state index in [9.17, 15) is 9.59 Å². The van der Waals surface area contributed by atoms with Crippen LogP contribution in [0, 0.1) is 11.8 Å². The fraction of sp³-hybridized carbons (Fsp3) is 0.935. The molecule has 0 aromatic rings. The van der Waals surface area contributed by atoms with Gasteiger partial charge in [0.05, 0.1) is 23.7 Å². The molecule has 0 N–H and O–H groups in total. The summed E-state index contributed by atoms with van der Waals surface area (Å²) < 4.78 is 22.7. The molecule has 0 aromatic carbocycles. The zero-order chi connectivity index (χ0) is 28.0. The molecular weight excluding hydrogens is 468 g/mol. The first-order valence-corrected chi connectivity index (χ1v) is 14.9. The van der Waals surface area contributed by atoms with Gasteiger partial charge in [0.15, 0.2) is 0 Å². The maximum absolute atomic E-state index is 12.3. The van der Waals surface area contributed by atoms with Crippen LogP contribution in [0.5, 0.6) is 0 Å². The predicted octanol–water partition coefficient (Wildman–Crippen LogP) is 7.70. The van der Waals surface area contributed by atoms with Crippen LogP contribution in [0.4, 0.5) is 0 Å². The standard InChI is InChI=1S/C31H60O6/c1-27(26-32)18-16-20-30(3,4)36-25-15-11-9-13-23-35-29(33)28(2)19-17-21-31(5,6)37-24-14-10-8-12-22-34-7/h26-28H,8-25H2,1-7H3. The highest BCUT2D eigenvalue weighted by Crippen LogP contribution is 2.22. The number of unbranched alkanes of at least 4 members (excludes halogenated alkanes) is 6. The Labute approximate surface area is 228 Å². The lowest BCUT2D eigenvalue weighted by atomic mass is 9.96. The van der Waals surface area contributed by atoms with Gasteiger partial charge in [-0.1, -0.05) is 33.1 Å². The van der Waals surface area contributed by atoms with E-state index in [-0.39, 0.29) is 29.0 Å². The number of carbonyl (C=O) groups is 2. The van der Waals surface area contributed by atoms with E-state index in [1.807, 2.05) is 13.8 Å². The minimum atomic E-state index is -0.149. The molecular formula is C31H60O6. The molecule has 0 heterocycles. The number of ether oxygens (including phenoxy) is 4. The first kappa shape index (κ1) is 36.0. The zero-order valence-electron chi connectivity index (χ0n) is 25.4. The molecule has 0 aliphatic rings. The van der Waals surface area contributed by atoms with Crippen molar-refractivity contribution in [3.05, 3.63) is 0 Å². The van der Waals surface area contributed by atoms with Crippen LogP contribution in [-0.2, 0) is 28.5 Å². The third-order valence-corrected chi connectivity index (χ3v) is 7.00. The molecule has 0 radical (unpaired) electrons. The zero-order valence-corrected chi connectivity index (χ0v) is 25.4. The highest BCUT2D eigenvalue weighted by atomic mass is 16.5. The maximum Gasteiger partial charge on any atom is 0.308 e. The largest absolute Gasteiger partial charge is 0.465 e. The lowest BCUT2D eigenvalue weighted by Crippen LogP contribution is -2.25. The average molecular weight is 529 g/mol. The van der Waals surface area contributed by atoms with Crippen LogP contribution in [0.3, 0.4) is 0 Å². The molecule has 2 unspecified atom stereocenters. The Morgan fingerprint density at radius 1 is 0.676 bits per heavy atom. The molecule has 0 aromatic heterocycles. The van der Waals surface area contributed by atoms with Crippen LogP contribution in [0.1, 0.15) is 131 Å². The molecule has 37 heavy (non-hydrogen) atoms. The molecule has 0 saturated heterocycles. The van der Waals surface area contributed by atoms with Crippen LogP contribution < -0.4 is 0 Å².